The molecule has 23 heavy (non-hydrogen) atoms. The van der Waals surface area contributed by atoms with Gasteiger partial charge in [-0.25, -0.2) is 4.98 Å². The molecule has 0 saturated carbocycles. The van der Waals surface area contributed by atoms with Gasteiger partial charge >= 0.3 is 0 Å². The van der Waals surface area contributed by atoms with Crippen LogP contribution in [0.15, 0.2) is 36.4 Å². The second-order valence-electron chi connectivity index (χ2n) is 4.51. The van der Waals surface area contributed by atoms with E-state index in [0.717, 1.165) is 4.70 Å². The molecule has 0 aliphatic heterocycles. The molecule has 0 unspecified atom stereocenters. The summed E-state index contributed by atoms with van der Waals surface area (Å²) in [7, 11) is 0. The average Bonchev–Trinajstić information content (AvgIpc) is 2.90. The van der Waals surface area contributed by atoms with E-state index in [0.29, 0.717) is 20.7 Å². The summed E-state index contributed by atoms with van der Waals surface area (Å²) in [5.74, 6) is -0.491. The van der Waals surface area contributed by atoms with Crippen molar-refractivity contribution in [1.29, 1.82) is 0 Å². The van der Waals surface area contributed by atoms with Crippen molar-refractivity contribution in [1.82, 2.24) is 4.98 Å². The Balaban J connectivity index is 1.90. The third-order valence-electron chi connectivity index (χ3n) is 2.95. The van der Waals surface area contributed by atoms with Crippen LogP contribution in [-0.4, -0.2) is 15.8 Å². The summed E-state index contributed by atoms with van der Waals surface area (Å²) in [4.78, 5) is 26.6. The summed E-state index contributed by atoms with van der Waals surface area (Å²) < 4.78 is 0.733. The van der Waals surface area contributed by atoms with Crippen LogP contribution in [0.2, 0.25) is 10.0 Å². The van der Waals surface area contributed by atoms with Gasteiger partial charge in [0.15, 0.2) is 5.13 Å². The molecule has 0 radical (unpaired) electrons. The van der Waals surface area contributed by atoms with Gasteiger partial charge in [-0.05, 0) is 18.2 Å². The lowest BCUT2D eigenvalue weighted by molar-refractivity contribution is -0.384. The minimum absolute atomic E-state index is 0.156. The Labute approximate surface area is 143 Å². The zero-order chi connectivity index (χ0) is 16.6. The lowest BCUT2D eigenvalue weighted by atomic mass is 10.2. The number of nitro benzene ring substituents is 1. The predicted octanol–water partition coefficient (Wildman–Crippen LogP) is 4.76. The Morgan fingerprint density at radius 2 is 2.04 bits per heavy atom. The number of amides is 1. The minimum Gasteiger partial charge on any atom is -0.298 e. The summed E-state index contributed by atoms with van der Waals surface area (Å²) in [6.45, 7) is 0. The molecule has 0 aliphatic carbocycles. The van der Waals surface area contributed by atoms with Crippen LogP contribution in [0.1, 0.15) is 10.4 Å². The van der Waals surface area contributed by atoms with Gasteiger partial charge in [0.25, 0.3) is 11.6 Å². The van der Waals surface area contributed by atoms with Crippen LogP contribution in [0, 0.1) is 10.1 Å². The van der Waals surface area contributed by atoms with E-state index in [1.807, 2.05) is 0 Å². The van der Waals surface area contributed by atoms with E-state index >= 15 is 0 Å². The first kappa shape index (κ1) is 15.7. The van der Waals surface area contributed by atoms with E-state index in [4.69, 9.17) is 23.2 Å². The number of halogens is 2. The molecule has 0 fully saturated rings. The molecule has 9 heteroatoms. The number of anilines is 1. The zero-order valence-electron chi connectivity index (χ0n) is 11.2. The van der Waals surface area contributed by atoms with Gasteiger partial charge < -0.3 is 0 Å². The quantitative estimate of drug-likeness (QED) is 0.533. The molecule has 0 atom stereocenters. The average molecular weight is 368 g/mol. The van der Waals surface area contributed by atoms with Crippen LogP contribution < -0.4 is 5.32 Å². The summed E-state index contributed by atoms with van der Waals surface area (Å²) in [5, 5.41) is 14.6. The van der Waals surface area contributed by atoms with E-state index in [-0.39, 0.29) is 11.3 Å². The van der Waals surface area contributed by atoms with Gasteiger partial charge in [0.1, 0.15) is 5.52 Å². The summed E-state index contributed by atoms with van der Waals surface area (Å²) >= 11 is 13.2. The SMILES string of the molecule is O=C(Nc1nc2c(Cl)cc(Cl)cc2s1)c1cccc([N+](=O)[O-])c1. The van der Waals surface area contributed by atoms with Gasteiger partial charge in [0.2, 0.25) is 0 Å². The number of aromatic nitrogens is 1. The van der Waals surface area contributed by atoms with Gasteiger partial charge in [-0.3, -0.25) is 20.2 Å². The van der Waals surface area contributed by atoms with E-state index in [1.165, 1.54) is 35.6 Å². The van der Waals surface area contributed by atoms with Crippen molar-refractivity contribution < 1.29 is 9.72 Å². The Hall–Kier alpha value is -2.22. The molecule has 0 spiro atoms. The summed E-state index contributed by atoms with van der Waals surface area (Å²) in [6.07, 6.45) is 0. The number of nitrogens with one attached hydrogen (secondary N) is 1. The minimum atomic E-state index is -0.559. The molecule has 0 saturated heterocycles. The number of carbonyl (C=O) groups excluding carboxylic acids is 1. The molecule has 0 bridgehead atoms. The van der Waals surface area contributed by atoms with Crippen molar-refractivity contribution in [3.05, 3.63) is 62.1 Å². The second-order valence-corrected chi connectivity index (χ2v) is 6.39. The van der Waals surface area contributed by atoms with Crippen LogP contribution in [0.25, 0.3) is 10.2 Å². The lowest BCUT2D eigenvalue weighted by Crippen LogP contribution is -2.11. The van der Waals surface area contributed by atoms with Crippen LogP contribution >= 0.6 is 34.5 Å². The highest BCUT2D eigenvalue weighted by atomic mass is 35.5. The smallest absolute Gasteiger partial charge is 0.270 e. The number of thiazole rings is 1. The lowest BCUT2D eigenvalue weighted by Gasteiger charge is -2.01. The van der Waals surface area contributed by atoms with Crippen LogP contribution in [0.3, 0.4) is 0 Å². The number of non-ortho nitro benzene ring substituents is 1. The molecule has 3 aromatic rings. The van der Waals surface area contributed by atoms with E-state index in [1.54, 1.807) is 12.1 Å². The number of hydrogen-bond acceptors (Lipinski definition) is 5. The fourth-order valence-electron chi connectivity index (χ4n) is 1.94. The Morgan fingerprint density at radius 1 is 1.26 bits per heavy atom. The highest BCUT2D eigenvalue weighted by molar-refractivity contribution is 7.22. The Kier molecular flexibility index (Phi) is 4.16. The van der Waals surface area contributed by atoms with Crippen molar-refractivity contribution in [2.75, 3.05) is 5.32 Å². The normalized spacial score (nSPS) is 10.7. The molecule has 116 valence electrons. The summed E-state index contributed by atoms with van der Waals surface area (Å²) in [6, 6.07) is 8.71. The van der Waals surface area contributed by atoms with Gasteiger partial charge in [-0.2, -0.15) is 0 Å². The van der Waals surface area contributed by atoms with Gasteiger partial charge in [-0.1, -0.05) is 40.6 Å². The van der Waals surface area contributed by atoms with E-state index in [2.05, 4.69) is 10.3 Å². The van der Waals surface area contributed by atoms with E-state index < -0.39 is 10.8 Å². The number of hydrogen-bond donors (Lipinski definition) is 1. The largest absolute Gasteiger partial charge is 0.298 e. The third-order valence-corrected chi connectivity index (χ3v) is 4.38. The molecular weight excluding hydrogens is 361 g/mol. The van der Waals surface area contributed by atoms with Crippen molar-refractivity contribution >= 4 is 61.5 Å². The van der Waals surface area contributed by atoms with Crippen LogP contribution in [0.5, 0.6) is 0 Å². The maximum absolute atomic E-state index is 12.2. The second kappa shape index (κ2) is 6.11. The molecule has 1 amide bonds. The van der Waals surface area contributed by atoms with Crippen LogP contribution in [-0.2, 0) is 0 Å². The fraction of sp³-hybridized carbons (Fsp3) is 0. The fourth-order valence-corrected chi connectivity index (χ4v) is 3.52. The molecule has 1 aromatic heterocycles. The molecule has 6 nitrogen and oxygen atoms in total. The Morgan fingerprint density at radius 3 is 2.78 bits per heavy atom. The van der Waals surface area contributed by atoms with E-state index in [9.17, 15) is 14.9 Å². The monoisotopic (exact) mass is 367 g/mol. The molecule has 3 rings (SSSR count). The summed E-state index contributed by atoms with van der Waals surface area (Å²) in [5.41, 5.74) is 0.551. The van der Waals surface area contributed by atoms with Crippen molar-refractivity contribution in [3.8, 4) is 0 Å². The highest BCUT2D eigenvalue weighted by Crippen LogP contribution is 2.33. The van der Waals surface area contributed by atoms with Crippen molar-refractivity contribution in [2.24, 2.45) is 0 Å². The molecule has 2 aromatic carbocycles. The number of nitro groups is 1. The number of fused-ring (bicyclic) bond motifs is 1. The number of rotatable bonds is 3. The number of nitrogens with zero attached hydrogens (tertiary/aromatic N) is 2. The predicted molar refractivity (Wildman–Crippen MR) is 90.7 cm³/mol. The molecule has 0 aliphatic rings. The topological polar surface area (TPSA) is 85.1 Å². The maximum atomic E-state index is 12.2. The molecular formula is C14H7Cl2N3O3S. The van der Waals surface area contributed by atoms with Gasteiger partial charge in [-0.15, -0.1) is 0 Å². The Bertz CT molecular complexity index is 942. The third kappa shape index (κ3) is 3.26. The van der Waals surface area contributed by atoms with Gasteiger partial charge in [0, 0.05) is 22.7 Å². The highest BCUT2D eigenvalue weighted by Gasteiger charge is 2.14. The number of benzene rings is 2. The van der Waals surface area contributed by atoms with Crippen LogP contribution in [0.4, 0.5) is 10.8 Å². The molecule has 1 heterocycles. The first-order valence-corrected chi connectivity index (χ1v) is 7.82. The maximum Gasteiger partial charge on any atom is 0.270 e. The molecule has 1 N–H and O–H groups in total. The zero-order valence-corrected chi connectivity index (χ0v) is 13.6. The first-order chi connectivity index (χ1) is 10.9. The first-order valence-electron chi connectivity index (χ1n) is 6.25. The van der Waals surface area contributed by atoms with Gasteiger partial charge in [0.05, 0.1) is 14.6 Å². The number of carbonyl (C=O) groups is 1. The van der Waals surface area contributed by atoms with Crippen molar-refractivity contribution in [2.45, 2.75) is 0 Å². The van der Waals surface area contributed by atoms with Crippen molar-refractivity contribution in [3.63, 3.8) is 0 Å². The standard InChI is InChI=1S/C14H7Cl2N3O3S/c15-8-5-10(16)12-11(6-8)23-14(17-12)18-13(20)7-2-1-3-9(4-7)19(21)22/h1-6H,(H,17,18,20).